The number of anilines is 1. The maximum atomic E-state index is 12.9. The number of fused-ring (bicyclic) bond motifs is 2. The molecule has 4 aromatic rings. The Bertz CT molecular complexity index is 1700. The number of hydrogen-bond donors (Lipinski definition) is 2. The van der Waals surface area contributed by atoms with Crippen molar-refractivity contribution < 1.29 is 18.0 Å². The molecule has 3 aromatic heterocycles. The summed E-state index contributed by atoms with van der Waals surface area (Å²) in [6.45, 7) is 9.72. The molecule has 2 saturated heterocycles. The van der Waals surface area contributed by atoms with E-state index in [0.29, 0.717) is 27.8 Å². The van der Waals surface area contributed by atoms with E-state index < -0.39 is 12.6 Å². The number of aryl methyl sites for hydroxylation is 1. The number of piperidine rings is 2. The zero-order valence-corrected chi connectivity index (χ0v) is 27.3. The molecule has 13 heteroatoms. The lowest BCUT2D eigenvalue weighted by Gasteiger charge is -2.36. The molecule has 6 rings (SSSR count). The molecular weight excluding hydrogens is 613 g/mol. The van der Waals surface area contributed by atoms with Gasteiger partial charge in [-0.1, -0.05) is 6.07 Å². The summed E-state index contributed by atoms with van der Waals surface area (Å²) in [5, 5.41) is 15.3. The van der Waals surface area contributed by atoms with Gasteiger partial charge in [0.25, 0.3) is 0 Å². The summed E-state index contributed by atoms with van der Waals surface area (Å²) in [5.41, 5.74) is 7.07. The van der Waals surface area contributed by atoms with Crippen LogP contribution in [0.1, 0.15) is 54.3 Å². The third-order valence-corrected chi connectivity index (χ3v) is 10.5. The van der Waals surface area contributed by atoms with E-state index >= 15 is 0 Å². The molecule has 1 unspecified atom stereocenters. The lowest BCUT2D eigenvalue weighted by atomic mass is 10.0. The minimum Gasteiger partial charge on any atom is -0.367 e. The van der Waals surface area contributed by atoms with Crippen LogP contribution in [-0.4, -0.2) is 81.9 Å². The van der Waals surface area contributed by atoms with E-state index in [-0.39, 0.29) is 17.0 Å². The number of aromatic nitrogens is 3. The topological polar surface area (TPSA) is 94.3 Å². The van der Waals surface area contributed by atoms with E-state index in [1.807, 2.05) is 6.07 Å². The maximum absolute atomic E-state index is 12.9. The van der Waals surface area contributed by atoms with Crippen molar-refractivity contribution in [3.05, 3.63) is 52.3 Å². The highest BCUT2D eigenvalue weighted by atomic mass is 32.1. The van der Waals surface area contributed by atoms with E-state index in [4.69, 9.17) is 4.84 Å². The molecule has 0 aliphatic carbocycles. The first kappa shape index (κ1) is 32.7. The van der Waals surface area contributed by atoms with E-state index in [9.17, 15) is 18.4 Å². The highest BCUT2D eigenvalue weighted by molar-refractivity contribution is 7.18. The Labute approximate surface area is 271 Å². The fourth-order valence-corrected chi connectivity index (χ4v) is 7.96. The minimum atomic E-state index is -4.25. The highest BCUT2D eigenvalue weighted by Crippen LogP contribution is 2.34. The van der Waals surface area contributed by atoms with E-state index in [2.05, 4.69) is 67.2 Å². The van der Waals surface area contributed by atoms with Crippen LogP contribution in [-0.2, 0) is 24.3 Å². The molecule has 1 atom stereocenters. The van der Waals surface area contributed by atoms with Gasteiger partial charge in [-0.2, -0.15) is 18.4 Å². The van der Waals surface area contributed by atoms with Crippen molar-refractivity contribution in [2.45, 2.75) is 83.4 Å². The summed E-state index contributed by atoms with van der Waals surface area (Å²) in [4.78, 5) is 19.9. The van der Waals surface area contributed by atoms with Gasteiger partial charge in [0.2, 0.25) is 0 Å². The molecule has 0 saturated carbocycles. The number of hydrogen-bond acceptors (Lipinski definition) is 9. The number of halogens is 3. The van der Waals surface area contributed by atoms with Crippen LogP contribution < -0.4 is 10.8 Å². The minimum absolute atomic E-state index is 0.180. The second-order valence-electron chi connectivity index (χ2n) is 12.6. The zero-order valence-electron chi connectivity index (χ0n) is 26.5. The van der Waals surface area contributed by atoms with Crippen LogP contribution in [0.5, 0.6) is 0 Å². The number of nitrogens with one attached hydrogen (secondary N) is 2. The Hall–Kier alpha value is -3.28. The number of alkyl halides is 3. The number of hydroxylamine groups is 1. The number of likely N-dealkylation sites (tertiary alicyclic amines) is 2. The highest BCUT2D eigenvalue weighted by Gasteiger charge is 2.30. The molecule has 2 fully saturated rings. The van der Waals surface area contributed by atoms with Crippen LogP contribution in [0.2, 0.25) is 0 Å². The summed E-state index contributed by atoms with van der Waals surface area (Å²) in [5.74, 6) is 0.605. The van der Waals surface area contributed by atoms with E-state index in [1.165, 1.54) is 17.5 Å². The molecule has 2 aliphatic rings. The SMILES string of the molecule is CNOC1CCN(C(C)Cn2c(C#N)cc3c(C)c(CN4CCC(Nc5ncnc6sc(CC(F)(F)F)cc56)CC4)ccc32)CC1. The van der Waals surface area contributed by atoms with E-state index in [1.54, 1.807) is 13.1 Å². The predicted molar refractivity (Wildman–Crippen MR) is 175 cm³/mol. The third kappa shape index (κ3) is 7.31. The van der Waals surface area contributed by atoms with Gasteiger partial charge < -0.3 is 9.88 Å². The fourth-order valence-electron chi connectivity index (χ4n) is 6.94. The summed E-state index contributed by atoms with van der Waals surface area (Å²) in [6, 6.07) is 10.9. The summed E-state index contributed by atoms with van der Waals surface area (Å²) in [6.07, 6.45) is 0.242. The standard InChI is InChI=1S/C33H41F3N8OS/c1-21(43-12-8-26(9-13-43)45-38-3)18-44-25(17-37)14-28-22(2)23(4-5-30(28)44)19-42-10-6-24(7-11-42)41-31-29-15-27(16-33(34,35)36)46-32(29)40-20-39-31/h4-5,14-15,20-21,24,26,38H,6-13,16,18-19H2,1-3H3,(H,39,40,41). The average molecular weight is 655 g/mol. The quantitative estimate of drug-likeness (QED) is 0.201. The first-order valence-electron chi connectivity index (χ1n) is 16.0. The summed E-state index contributed by atoms with van der Waals surface area (Å²) < 4.78 is 41.0. The van der Waals surface area contributed by atoms with Crippen molar-refractivity contribution in [2.24, 2.45) is 0 Å². The Morgan fingerprint density at radius 1 is 1.09 bits per heavy atom. The summed E-state index contributed by atoms with van der Waals surface area (Å²) in [7, 11) is 1.80. The van der Waals surface area contributed by atoms with Crippen LogP contribution in [0, 0.1) is 18.3 Å². The molecule has 1 aromatic carbocycles. The zero-order chi connectivity index (χ0) is 32.4. The number of nitrogens with zero attached hydrogens (tertiary/aromatic N) is 6. The largest absolute Gasteiger partial charge is 0.393 e. The second-order valence-corrected chi connectivity index (χ2v) is 13.7. The first-order valence-corrected chi connectivity index (χ1v) is 16.8. The normalized spacial score (nSPS) is 18.4. The molecule has 5 heterocycles. The van der Waals surface area contributed by atoms with Crippen LogP contribution in [0.15, 0.2) is 30.6 Å². The maximum Gasteiger partial charge on any atom is 0.393 e. The van der Waals surface area contributed by atoms with Crippen LogP contribution in [0.3, 0.4) is 0 Å². The van der Waals surface area contributed by atoms with Gasteiger partial charge >= 0.3 is 6.18 Å². The molecule has 9 nitrogen and oxygen atoms in total. The molecule has 2 aliphatic heterocycles. The lowest BCUT2D eigenvalue weighted by molar-refractivity contribution is -0.126. The van der Waals surface area contributed by atoms with Crippen molar-refractivity contribution in [2.75, 3.05) is 38.5 Å². The van der Waals surface area contributed by atoms with Gasteiger partial charge in [0, 0.05) is 74.2 Å². The first-order chi connectivity index (χ1) is 22.1. The molecule has 0 bridgehead atoms. The second kappa shape index (κ2) is 13.8. The van der Waals surface area contributed by atoms with Gasteiger partial charge in [-0.25, -0.2) is 15.4 Å². The molecular formula is C33H41F3N8OS. The average Bonchev–Trinajstić information content (AvgIpc) is 3.60. The predicted octanol–water partition coefficient (Wildman–Crippen LogP) is 6.01. The van der Waals surface area contributed by atoms with Gasteiger partial charge in [-0.15, -0.1) is 11.3 Å². The summed E-state index contributed by atoms with van der Waals surface area (Å²) >= 11 is 1.07. The van der Waals surface area contributed by atoms with Gasteiger partial charge in [-0.05, 0) is 68.9 Å². The van der Waals surface area contributed by atoms with Crippen LogP contribution >= 0.6 is 11.3 Å². The number of thiophene rings is 1. The number of nitriles is 1. The molecule has 2 N–H and O–H groups in total. The number of benzene rings is 1. The van der Waals surface area contributed by atoms with E-state index in [0.717, 1.165) is 87.2 Å². The van der Waals surface area contributed by atoms with Crippen molar-refractivity contribution in [3.8, 4) is 6.07 Å². The Morgan fingerprint density at radius 2 is 1.85 bits per heavy atom. The monoisotopic (exact) mass is 654 g/mol. The molecule has 0 amide bonds. The van der Waals surface area contributed by atoms with Crippen LogP contribution in [0.25, 0.3) is 21.1 Å². The lowest BCUT2D eigenvalue weighted by Crippen LogP contribution is -2.44. The fraction of sp³-hybridized carbons (Fsp3) is 0.545. The molecule has 46 heavy (non-hydrogen) atoms. The van der Waals surface area contributed by atoms with Crippen molar-refractivity contribution in [3.63, 3.8) is 0 Å². The Morgan fingerprint density at radius 3 is 2.54 bits per heavy atom. The van der Waals surface area contributed by atoms with Crippen molar-refractivity contribution >= 4 is 38.3 Å². The Kier molecular flexibility index (Phi) is 9.82. The van der Waals surface area contributed by atoms with Gasteiger partial charge in [0.05, 0.1) is 17.9 Å². The van der Waals surface area contributed by atoms with Crippen molar-refractivity contribution in [1.29, 1.82) is 5.26 Å². The third-order valence-electron chi connectivity index (χ3n) is 9.49. The Balaban J connectivity index is 1.08. The molecule has 0 spiro atoms. The van der Waals surface area contributed by atoms with Crippen LogP contribution in [0.4, 0.5) is 19.0 Å². The van der Waals surface area contributed by atoms with Gasteiger partial charge in [-0.3, -0.25) is 14.6 Å². The van der Waals surface area contributed by atoms with Gasteiger partial charge in [0.1, 0.15) is 28.7 Å². The van der Waals surface area contributed by atoms with Crippen molar-refractivity contribution in [1.82, 2.24) is 29.8 Å². The smallest absolute Gasteiger partial charge is 0.367 e. The molecule has 246 valence electrons. The molecule has 0 radical (unpaired) electrons. The van der Waals surface area contributed by atoms with Gasteiger partial charge in [0.15, 0.2) is 0 Å². The number of rotatable bonds is 10.